The van der Waals surface area contributed by atoms with Crippen LogP contribution in [0.3, 0.4) is 0 Å². The highest BCUT2D eigenvalue weighted by atomic mass is 32.1. The minimum absolute atomic E-state index is 0.818. The molecule has 10 heavy (non-hydrogen) atoms. The van der Waals surface area contributed by atoms with Crippen molar-refractivity contribution in [3.05, 3.63) is 12.0 Å². The van der Waals surface area contributed by atoms with Gasteiger partial charge in [0.1, 0.15) is 10.9 Å². The molecule has 4 heteroatoms. The summed E-state index contributed by atoms with van der Waals surface area (Å²) < 4.78 is 2.14. The van der Waals surface area contributed by atoms with Crippen LogP contribution in [0.2, 0.25) is 0 Å². The Morgan fingerprint density at radius 1 is 1.70 bits per heavy atom. The van der Waals surface area contributed by atoms with Crippen molar-refractivity contribution in [1.29, 1.82) is 0 Å². The molecule has 0 bridgehead atoms. The Morgan fingerprint density at radius 2 is 2.60 bits per heavy atom. The van der Waals surface area contributed by atoms with Crippen molar-refractivity contribution >= 4 is 12.6 Å². The summed E-state index contributed by atoms with van der Waals surface area (Å²) in [6, 6.07) is 0. The smallest absolute Gasteiger partial charge is 0.124 e. The molecule has 1 aromatic heterocycles. The number of hydrogen-bond donors (Lipinski definition) is 2. The van der Waals surface area contributed by atoms with E-state index in [1.165, 1.54) is 0 Å². The second-order valence-electron chi connectivity index (χ2n) is 2.39. The number of rotatable bonds is 0. The molecule has 0 radical (unpaired) electrons. The second kappa shape index (κ2) is 2.29. The van der Waals surface area contributed by atoms with E-state index in [2.05, 4.69) is 27.5 Å². The third-order valence-corrected chi connectivity index (χ3v) is 1.87. The fraction of sp³-hybridized carbons (Fsp3) is 0.500. The van der Waals surface area contributed by atoms with Crippen LogP contribution in [0.4, 0.5) is 0 Å². The van der Waals surface area contributed by atoms with Crippen LogP contribution < -0.4 is 5.32 Å². The Kier molecular flexibility index (Phi) is 1.43. The number of nitrogens with one attached hydrogen (secondary N) is 1. The van der Waals surface area contributed by atoms with E-state index in [9.17, 15) is 0 Å². The monoisotopic (exact) mass is 155 g/mol. The average molecular weight is 155 g/mol. The van der Waals surface area contributed by atoms with Gasteiger partial charge in [-0.2, -0.15) is 0 Å². The molecule has 3 nitrogen and oxygen atoms in total. The zero-order valence-electron chi connectivity index (χ0n) is 5.54. The summed E-state index contributed by atoms with van der Waals surface area (Å²) in [5.41, 5.74) is 0. The Balaban J connectivity index is 2.41. The molecule has 0 saturated heterocycles. The first-order valence-electron chi connectivity index (χ1n) is 3.32. The molecule has 0 spiro atoms. The number of nitrogens with zero attached hydrogens (tertiary/aromatic N) is 2. The lowest BCUT2D eigenvalue weighted by Crippen LogP contribution is -2.27. The van der Waals surface area contributed by atoms with Crippen molar-refractivity contribution in [1.82, 2.24) is 14.9 Å². The molecular weight excluding hydrogens is 146 g/mol. The molecular formula is C6H9N3S. The number of fused-ring (bicyclic) bond motifs is 1. The third kappa shape index (κ3) is 0.932. The Morgan fingerprint density at radius 3 is 3.40 bits per heavy atom. The predicted molar refractivity (Wildman–Crippen MR) is 41.2 cm³/mol. The van der Waals surface area contributed by atoms with E-state index in [4.69, 9.17) is 0 Å². The lowest BCUT2D eigenvalue weighted by atomic mass is 10.4. The van der Waals surface area contributed by atoms with Crippen molar-refractivity contribution in [3.63, 3.8) is 0 Å². The summed E-state index contributed by atoms with van der Waals surface area (Å²) in [6.45, 7) is 2.93. The highest BCUT2D eigenvalue weighted by molar-refractivity contribution is 7.80. The van der Waals surface area contributed by atoms with Crippen molar-refractivity contribution in [2.45, 2.75) is 18.1 Å². The largest absolute Gasteiger partial charge is 0.331 e. The fourth-order valence-electron chi connectivity index (χ4n) is 1.17. The molecule has 0 amide bonds. The van der Waals surface area contributed by atoms with Gasteiger partial charge in [-0.1, -0.05) is 0 Å². The molecule has 1 aliphatic rings. The third-order valence-electron chi connectivity index (χ3n) is 1.66. The number of thiol groups is 1. The van der Waals surface area contributed by atoms with Crippen LogP contribution in [0.25, 0.3) is 0 Å². The van der Waals surface area contributed by atoms with Gasteiger partial charge in [-0.05, 0) is 0 Å². The molecule has 1 aromatic rings. The topological polar surface area (TPSA) is 29.9 Å². The van der Waals surface area contributed by atoms with Crippen molar-refractivity contribution in [3.8, 4) is 0 Å². The molecule has 0 atom stereocenters. The molecule has 0 unspecified atom stereocenters. The minimum Gasteiger partial charge on any atom is -0.331 e. The zero-order chi connectivity index (χ0) is 6.97. The van der Waals surface area contributed by atoms with E-state index in [0.717, 1.165) is 30.5 Å². The van der Waals surface area contributed by atoms with Crippen LogP contribution in [0.15, 0.2) is 11.2 Å². The van der Waals surface area contributed by atoms with Crippen LogP contribution in [0.1, 0.15) is 5.82 Å². The van der Waals surface area contributed by atoms with E-state index in [-0.39, 0.29) is 0 Å². The first-order valence-corrected chi connectivity index (χ1v) is 3.77. The predicted octanol–water partition coefficient (Wildman–Crippen LogP) is 0.275. The quantitative estimate of drug-likeness (QED) is 0.527. The van der Waals surface area contributed by atoms with Gasteiger partial charge in [0.15, 0.2) is 0 Å². The highest BCUT2D eigenvalue weighted by Crippen LogP contribution is 2.08. The lowest BCUT2D eigenvalue weighted by molar-refractivity contribution is 0.505. The maximum absolute atomic E-state index is 4.22. The summed E-state index contributed by atoms with van der Waals surface area (Å²) in [6.07, 6.45) is 1.97. The molecule has 2 rings (SSSR count). The van der Waals surface area contributed by atoms with E-state index >= 15 is 0 Å². The van der Waals surface area contributed by atoms with Gasteiger partial charge in [0.2, 0.25) is 0 Å². The average Bonchev–Trinajstić information content (AvgIpc) is 2.27. The second-order valence-corrected chi connectivity index (χ2v) is 2.84. The van der Waals surface area contributed by atoms with Crippen LogP contribution in [0, 0.1) is 0 Å². The van der Waals surface area contributed by atoms with Gasteiger partial charge in [0, 0.05) is 19.3 Å². The van der Waals surface area contributed by atoms with Crippen LogP contribution in [-0.4, -0.2) is 16.1 Å². The van der Waals surface area contributed by atoms with Crippen LogP contribution in [0.5, 0.6) is 0 Å². The van der Waals surface area contributed by atoms with Crippen molar-refractivity contribution < 1.29 is 0 Å². The maximum atomic E-state index is 4.22. The molecule has 0 aromatic carbocycles. The summed E-state index contributed by atoms with van der Waals surface area (Å²) in [5.74, 6) is 1.09. The first-order chi connectivity index (χ1) is 4.86. The first kappa shape index (κ1) is 6.24. The van der Waals surface area contributed by atoms with Gasteiger partial charge >= 0.3 is 0 Å². The highest BCUT2D eigenvalue weighted by Gasteiger charge is 2.08. The van der Waals surface area contributed by atoms with Crippen molar-refractivity contribution in [2.24, 2.45) is 0 Å². The summed E-state index contributed by atoms with van der Waals surface area (Å²) >= 11 is 4.15. The minimum atomic E-state index is 0.818. The van der Waals surface area contributed by atoms with Gasteiger partial charge in [0.25, 0.3) is 0 Å². The maximum Gasteiger partial charge on any atom is 0.124 e. The fourth-order valence-corrected chi connectivity index (χ4v) is 1.43. The van der Waals surface area contributed by atoms with Crippen LogP contribution >= 0.6 is 12.6 Å². The Bertz CT molecular complexity index is 220. The lowest BCUT2D eigenvalue weighted by Gasteiger charge is -2.13. The molecule has 0 fully saturated rings. The molecule has 0 saturated carbocycles. The van der Waals surface area contributed by atoms with Gasteiger partial charge < -0.3 is 9.88 Å². The Labute approximate surface area is 64.9 Å². The van der Waals surface area contributed by atoms with E-state index in [1.807, 2.05) is 6.20 Å². The molecule has 54 valence electrons. The van der Waals surface area contributed by atoms with Gasteiger partial charge in [0.05, 0.1) is 6.54 Å². The number of aromatic nitrogens is 2. The summed E-state index contributed by atoms with van der Waals surface area (Å²) in [4.78, 5) is 4.22. The SMILES string of the molecule is Sc1cn2c(n1)CNCC2. The van der Waals surface area contributed by atoms with E-state index in [0.29, 0.717) is 0 Å². The molecule has 1 aliphatic heterocycles. The van der Waals surface area contributed by atoms with Gasteiger partial charge in [-0.3, -0.25) is 0 Å². The zero-order valence-corrected chi connectivity index (χ0v) is 6.43. The van der Waals surface area contributed by atoms with Gasteiger partial charge in [-0.15, -0.1) is 12.6 Å². The molecule has 1 N–H and O–H groups in total. The Hall–Kier alpha value is -0.480. The van der Waals surface area contributed by atoms with Crippen molar-refractivity contribution in [2.75, 3.05) is 6.54 Å². The molecule has 0 aliphatic carbocycles. The summed E-state index contributed by atoms with van der Waals surface area (Å²) in [7, 11) is 0. The normalized spacial score (nSPS) is 16.9. The summed E-state index contributed by atoms with van der Waals surface area (Å²) in [5, 5.41) is 4.06. The molecule has 2 heterocycles. The number of hydrogen-bond acceptors (Lipinski definition) is 3. The van der Waals surface area contributed by atoms with Gasteiger partial charge in [-0.25, -0.2) is 4.98 Å². The van der Waals surface area contributed by atoms with E-state index in [1.54, 1.807) is 0 Å². The number of imidazole rings is 1. The van der Waals surface area contributed by atoms with E-state index < -0.39 is 0 Å². The van der Waals surface area contributed by atoms with Crippen LogP contribution in [-0.2, 0) is 13.1 Å². The standard InChI is InChI=1S/C6H9N3S/c10-6-4-9-2-1-7-3-5(9)8-6/h4,7,10H,1-3H2.